The number of benzene rings is 1. The minimum Gasteiger partial charge on any atom is -0.489 e. The number of hydrogen-bond acceptors (Lipinski definition) is 5. The molecule has 22 heavy (non-hydrogen) atoms. The minimum atomic E-state index is -0.712. The van der Waals surface area contributed by atoms with Crippen molar-refractivity contribution < 1.29 is 18.7 Å². The molecule has 114 valence electrons. The highest BCUT2D eigenvalue weighted by atomic mass is 16.6. The van der Waals surface area contributed by atoms with E-state index in [1.54, 1.807) is 19.1 Å². The third kappa shape index (κ3) is 2.62. The first-order valence-electron chi connectivity index (χ1n) is 6.95. The Labute approximate surface area is 127 Å². The highest BCUT2D eigenvalue weighted by Gasteiger charge is 2.39. The number of cyclic esters (lactones) is 1. The lowest BCUT2D eigenvalue weighted by molar-refractivity contribution is -0.147. The van der Waals surface area contributed by atoms with Crippen molar-refractivity contribution in [3.63, 3.8) is 0 Å². The maximum Gasteiger partial charge on any atom is 0.336 e. The fourth-order valence-electron chi connectivity index (χ4n) is 2.57. The largest absolute Gasteiger partial charge is 0.489 e. The molecule has 1 atom stereocenters. The van der Waals surface area contributed by atoms with E-state index in [0.29, 0.717) is 23.3 Å². The van der Waals surface area contributed by atoms with Crippen molar-refractivity contribution in [3.05, 3.63) is 52.4 Å². The smallest absolute Gasteiger partial charge is 0.336 e. The molecule has 2 aromatic rings. The molecule has 1 aliphatic rings. The second-order valence-corrected chi connectivity index (χ2v) is 5.81. The van der Waals surface area contributed by atoms with E-state index in [1.165, 1.54) is 6.07 Å². The van der Waals surface area contributed by atoms with Crippen LogP contribution in [0.4, 0.5) is 0 Å². The van der Waals surface area contributed by atoms with E-state index in [9.17, 15) is 9.59 Å². The molecule has 1 aromatic heterocycles. The number of aryl methyl sites for hydroxylation is 1. The van der Waals surface area contributed by atoms with Gasteiger partial charge in [-0.05, 0) is 31.5 Å². The standard InChI is InChI=1S/C17H16O5/c1-10-6-15(18)21-14-7-12(4-5-13(10)14)20-9-17(3)8-11(2)16(19)22-17/h4-7H,2,8-9H2,1,3H3. The third-order valence-electron chi connectivity index (χ3n) is 3.68. The number of carbonyl (C=O) groups is 1. The van der Waals surface area contributed by atoms with Gasteiger partial charge in [-0.15, -0.1) is 0 Å². The quantitative estimate of drug-likeness (QED) is 0.495. The lowest BCUT2D eigenvalue weighted by Crippen LogP contribution is -2.32. The van der Waals surface area contributed by atoms with E-state index in [2.05, 4.69) is 6.58 Å². The number of rotatable bonds is 3. The molecular weight excluding hydrogens is 284 g/mol. The molecule has 0 radical (unpaired) electrons. The van der Waals surface area contributed by atoms with Crippen molar-refractivity contribution in [1.29, 1.82) is 0 Å². The molecule has 1 unspecified atom stereocenters. The summed E-state index contributed by atoms with van der Waals surface area (Å²) in [5, 5.41) is 0.860. The Balaban J connectivity index is 1.82. The Morgan fingerprint density at radius 3 is 2.77 bits per heavy atom. The van der Waals surface area contributed by atoms with Crippen molar-refractivity contribution >= 4 is 16.9 Å². The normalized spacial score (nSPS) is 21.2. The molecule has 0 amide bonds. The van der Waals surface area contributed by atoms with Gasteiger partial charge in [0.1, 0.15) is 23.5 Å². The zero-order chi connectivity index (χ0) is 15.9. The van der Waals surface area contributed by atoms with Crippen LogP contribution in [0.15, 0.2) is 45.6 Å². The maximum atomic E-state index is 11.4. The van der Waals surface area contributed by atoms with Crippen molar-refractivity contribution in [2.45, 2.75) is 25.9 Å². The molecule has 0 bridgehead atoms. The van der Waals surface area contributed by atoms with Gasteiger partial charge in [0, 0.05) is 29.5 Å². The van der Waals surface area contributed by atoms with Crippen LogP contribution in [0.25, 0.3) is 11.0 Å². The van der Waals surface area contributed by atoms with Gasteiger partial charge in [0.25, 0.3) is 0 Å². The molecular formula is C17H16O5. The van der Waals surface area contributed by atoms with E-state index in [4.69, 9.17) is 13.9 Å². The Morgan fingerprint density at radius 2 is 2.09 bits per heavy atom. The van der Waals surface area contributed by atoms with Crippen LogP contribution < -0.4 is 10.4 Å². The van der Waals surface area contributed by atoms with E-state index >= 15 is 0 Å². The van der Waals surface area contributed by atoms with Crippen molar-refractivity contribution in [2.24, 2.45) is 0 Å². The average Bonchev–Trinajstić information content (AvgIpc) is 2.70. The Morgan fingerprint density at radius 1 is 1.32 bits per heavy atom. The van der Waals surface area contributed by atoms with Gasteiger partial charge in [0.15, 0.2) is 0 Å². The van der Waals surface area contributed by atoms with Crippen molar-refractivity contribution in [3.8, 4) is 5.75 Å². The van der Waals surface area contributed by atoms with Gasteiger partial charge in [0.05, 0.1) is 0 Å². The molecule has 5 heteroatoms. The van der Waals surface area contributed by atoms with Crippen molar-refractivity contribution in [2.75, 3.05) is 6.61 Å². The van der Waals surface area contributed by atoms with Gasteiger partial charge < -0.3 is 13.9 Å². The van der Waals surface area contributed by atoms with E-state index in [-0.39, 0.29) is 12.6 Å². The molecule has 2 heterocycles. The van der Waals surface area contributed by atoms with Crippen LogP contribution in [0, 0.1) is 6.92 Å². The fourth-order valence-corrected chi connectivity index (χ4v) is 2.57. The number of hydrogen-bond donors (Lipinski definition) is 0. The van der Waals surface area contributed by atoms with E-state index in [0.717, 1.165) is 10.9 Å². The van der Waals surface area contributed by atoms with Gasteiger partial charge in [-0.1, -0.05) is 6.58 Å². The number of carbonyl (C=O) groups excluding carboxylic acids is 1. The highest BCUT2D eigenvalue weighted by molar-refractivity contribution is 5.90. The van der Waals surface area contributed by atoms with Gasteiger partial charge in [0.2, 0.25) is 0 Å². The summed E-state index contributed by atoms with van der Waals surface area (Å²) in [7, 11) is 0. The van der Waals surface area contributed by atoms with Crippen LogP contribution in [-0.2, 0) is 9.53 Å². The van der Waals surface area contributed by atoms with Crippen molar-refractivity contribution in [1.82, 2.24) is 0 Å². The molecule has 0 aliphatic carbocycles. The second-order valence-electron chi connectivity index (χ2n) is 5.81. The lowest BCUT2D eigenvalue weighted by atomic mass is 10.0. The summed E-state index contributed by atoms with van der Waals surface area (Å²) in [4.78, 5) is 22.9. The summed E-state index contributed by atoms with van der Waals surface area (Å²) in [5.74, 6) is 0.169. The van der Waals surface area contributed by atoms with Crippen LogP contribution in [0.1, 0.15) is 18.9 Å². The molecule has 1 fully saturated rings. The minimum absolute atomic E-state index is 0.208. The Hall–Kier alpha value is -2.56. The predicted octanol–water partition coefficient (Wildman–Crippen LogP) is 2.74. The second kappa shape index (κ2) is 5.02. The zero-order valence-electron chi connectivity index (χ0n) is 12.5. The van der Waals surface area contributed by atoms with Crippen LogP contribution >= 0.6 is 0 Å². The van der Waals surface area contributed by atoms with E-state index in [1.807, 2.05) is 13.0 Å². The molecule has 0 saturated carbocycles. The molecule has 1 saturated heterocycles. The summed E-state index contributed by atoms with van der Waals surface area (Å²) in [6.45, 7) is 7.53. The highest BCUT2D eigenvalue weighted by Crippen LogP contribution is 2.31. The lowest BCUT2D eigenvalue weighted by Gasteiger charge is -2.22. The first-order valence-corrected chi connectivity index (χ1v) is 6.95. The van der Waals surface area contributed by atoms with Crippen LogP contribution in [-0.4, -0.2) is 18.2 Å². The topological polar surface area (TPSA) is 65.7 Å². The Bertz CT molecular complexity index is 815. The molecule has 5 nitrogen and oxygen atoms in total. The molecule has 1 aliphatic heterocycles. The predicted molar refractivity (Wildman–Crippen MR) is 81.0 cm³/mol. The summed E-state index contributed by atoms with van der Waals surface area (Å²) >= 11 is 0. The fraction of sp³-hybridized carbons (Fsp3) is 0.294. The maximum absolute atomic E-state index is 11.4. The van der Waals surface area contributed by atoms with E-state index < -0.39 is 11.2 Å². The molecule has 3 rings (SSSR count). The van der Waals surface area contributed by atoms with Gasteiger partial charge in [-0.3, -0.25) is 0 Å². The number of fused-ring (bicyclic) bond motifs is 1. The van der Waals surface area contributed by atoms with Gasteiger partial charge >= 0.3 is 11.6 Å². The van der Waals surface area contributed by atoms with Crippen LogP contribution in [0.2, 0.25) is 0 Å². The van der Waals surface area contributed by atoms with Gasteiger partial charge in [-0.25, -0.2) is 9.59 Å². The summed E-state index contributed by atoms with van der Waals surface area (Å²) in [5.41, 5.74) is 0.670. The molecule has 1 aromatic carbocycles. The molecule has 0 N–H and O–H groups in total. The van der Waals surface area contributed by atoms with Crippen LogP contribution in [0.3, 0.4) is 0 Å². The number of ether oxygens (including phenoxy) is 2. The SMILES string of the molecule is C=C1CC(C)(COc2ccc3c(C)cc(=O)oc3c2)OC1=O. The monoisotopic (exact) mass is 300 g/mol. The average molecular weight is 300 g/mol. The third-order valence-corrected chi connectivity index (χ3v) is 3.68. The van der Waals surface area contributed by atoms with Gasteiger partial charge in [-0.2, -0.15) is 0 Å². The summed E-state index contributed by atoms with van der Waals surface area (Å²) < 4.78 is 16.1. The first-order chi connectivity index (χ1) is 10.4. The summed E-state index contributed by atoms with van der Waals surface area (Å²) in [6, 6.07) is 6.75. The first kappa shape index (κ1) is 14.4. The van der Waals surface area contributed by atoms with Crippen LogP contribution in [0.5, 0.6) is 5.75 Å². The number of esters is 1. The molecule has 0 spiro atoms. The summed E-state index contributed by atoms with van der Waals surface area (Å²) in [6.07, 6.45) is 0.438. The Kier molecular flexibility index (Phi) is 3.28. The zero-order valence-corrected chi connectivity index (χ0v) is 12.5.